The summed E-state index contributed by atoms with van der Waals surface area (Å²) in [7, 11) is 0. The SMILES string of the molecule is CC(C)CCC[C@@H](C)[C@H]1CC[C@H]2[C@@H]3[C@@H](O)C[C@H]4C(C)(C)[C@](C)(O)CC[C@]4(C)[C@H]3CC[C@]12C. The second kappa shape index (κ2) is 8.25. The van der Waals surface area contributed by atoms with E-state index in [2.05, 4.69) is 48.5 Å². The van der Waals surface area contributed by atoms with Crippen molar-refractivity contribution in [3.05, 3.63) is 0 Å². The third kappa shape index (κ3) is 3.64. The van der Waals surface area contributed by atoms with Crippen LogP contribution in [0.2, 0.25) is 0 Å². The zero-order valence-electron chi connectivity index (χ0n) is 22.6. The van der Waals surface area contributed by atoms with Crippen LogP contribution in [0.1, 0.15) is 120 Å². The minimum atomic E-state index is -0.628. The quantitative estimate of drug-likeness (QED) is 0.460. The second-order valence-electron chi connectivity index (χ2n) is 14.7. The number of aliphatic hydroxyl groups is 2. The molecule has 0 aromatic rings. The van der Waals surface area contributed by atoms with Gasteiger partial charge in [-0.05, 0) is 110 Å². The first-order valence-corrected chi connectivity index (χ1v) is 14.2. The molecule has 4 rings (SSSR count). The molecular weight excluding hydrogens is 392 g/mol. The summed E-state index contributed by atoms with van der Waals surface area (Å²) in [5, 5.41) is 22.9. The number of hydrogen-bond acceptors (Lipinski definition) is 2. The minimum Gasteiger partial charge on any atom is -0.393 e. The van der Waals surface area contributed by atoms with Gasteiger partial charge in [0.2, 0.25) is 0 Å². The normalized spacial score (nSPS) is 51.1. The maximum absolute atomic E-state index is 11.7. The highest BCUT2D eigenvalue weighted by molar-refractivity contribution is 5.16. The molecule has 0 aliphatic heterocycles. The summed E-state index contributed by atoms with van der Waals surface area (Å²) in [6.45, 7) is 19.0. The van der Waals surface area contributed by atoms with Crippen molar-refractivity contribution in [1.82, 2.24) is 0 Å². The summed E-state index contributed by atoms with van der Waals surface area (Å²) in [6.07, 6.45) is 12.2. The van der Waals surface area contributed by atoms with Gasteiger partial charge in [0, 0.05) is 0 Å². The summed E-state index contributed by atoms with van der Waals surface area (Å²) in [4.78, 5) is 0. The molecular formula is C30H54O2. The molecule has 0 radical (unpaired) electrons. The number of aliphatic hydroxyl groups excluding tert-OH is 1. The summed E-state index contributed by atoms with van der Waals surface area (Å²) in [5.41, 5.74) is -0.0944. The van der Waals surface area contributed by atoms with Crippen molar-refractivity contribution >= 4 is 0 Å². The third-order valence-electron chi connectivity index (χ3n) is 12.5. The van der Waals surface area contributed by atoms with Crippen LogP contribution < -0.4 is 0 Å². The number of fused-ring (bicyclic) bond motifs is 5. The van der Waals surface area contributed by atoms with Gasteiger partial charge in [0.05, 0.1) is 11.7 Å². The van der Waals surface area contributed by atoms with Gasteiger partial charge in [-0.25, -0.2) is 0 Å². The smallest absolute Gasteiger partial charge is 0.0673 e. The average Bonchev–Trinajstić information content (AvgIpc) is 3.04. The van der Waals surface area contributed by atoms with Gasteiger partial charge in [0.25, 0.3) is 0 Å². The zero-order valence-corrected chi connectivity index (χ0v) is 22.6. The fourth-order valence-corrected chi connectivity index (χ4v) is 10.1. The molecule has 4 fully saturated rings. The lowest BCUT2D eigenvalue weighted by Crippen LogP contribution is -2.65. The van der Waals surface area contributed by atoms with Crippen molar-refractivity contribution in [3.8, 4) is 0 Å². The van der Waals surface area contributed by atoms with Crippen LogP contribution >= 0.6 is 0 Å². The number of hydrogen-bond donors (Lipinski definition) is 2. The first-order chi connectivity index (χ1) is 14.8. The van der Waals surface area contributed by atoms with Crippen LogP contribution in [0, 0.1) is 57.7 Å². The Bertz CT molecular complexity index is 680. The Morgan fingerprint density at radius 2 is 1.47 bits per heavy atom. The van der Waals surface area contributed by atoms with Crippen LogP contribution in [0.4, 0.5) is 0 Å². The summed E-state index contributed by atoms with van der Waals surface area (Å²) >= 11 is 0. The lowest BCUT2D eigenvalue weighted by molar-refractivity contribution is -0.236. The molecule has 10 atom stereocenters. The maximum Gasteiger partial charge on any atom is 0.0673 e. The van der Waals surface area contributed by atoms with E-state index in [1.807, 2.05) is 6.92 Å². The van der Waals surface area contributed by atoms with E-state index in [4.69, 9.17) is 0 Å². The van der Waals surface area contributed by atoms with Crippen molar-refractivity contribution < 1.29 is 10.2 Å². The zero-order chi connectivity index (χ0) is 23.7. The molecule has 2 heteroatoms. The van der Waals surface area contributed by atoms with Gasteiger partial charge in [0.1, 0.15) is 0 Å². The minimum absolute atomic E-state index is 0.143. The Kier molecular flexibility index (Phi) is 6.45. The highest BCUT2D eigenvalue weighted by Gasteiger charge is 2.67. The van der Waals surface area contributed by atoms with Crippen molar-refractivity contribution in [1.29, 1.82) is 0 Å². The van der Waals surface area contributed by atoms with Gasteiger partial charge in [-0.3, -0.25) is 0 Å². The van der Waals surface area contributed by atoms with E-state index >= 15 is 0 Å². The van der Waals surface area contributed by atoms with E-state index in [1.54, 1.807) is 0 Å². The van der Waals surface area contributed by atoms with Crippen LogP contribution in [0.15, 0.2) is 0 Å². The Hall–Kier alpha value is -0.0800. The molecule has 186 valence electrons. The lowest BCUT2D eigenvalue weighted by atomic mass is 9.39. The maximum atomic E-state index is 11.7. The molecule has 0 bridgehead atoms. The second-order valence-corrected chi connectivity index (χ2v) is 14.7. The molecule has 4 aliphatic carbocycles. The molecule has 0 unspecified atom stereocenters. The molecule has 0 amide bonds. The predicted molar refractivity (Wildman–Crippen MR) is 134 cm³/mol. The number of rotatable bonds is 5. The van der Waals surface area contributed by atoms with Gasteiger partial charge in [-0.15, -0.1) is 0 Å². The standard InChI is InChI=1S/C30H54O2/c1-19(2)10-9-11-20(3)21-12-13-22-26-23(14-15-28(21,22)6)29(7)16-17-30(8,32)27(4,5)25(29)18-24(26)31/h19-26,31-32H,9-18H2,1-8H3/t20-,21-,22+,23+,24+,25+,26+,28-,29-,30-/m1/s1. The molecule has 32 heavy (non-hydrogen) atoms. The van der Waals surface area contributed by atoms with E-state index < -0.39 is 5.60 Å². The van der Waals surface area contributed by atoms with Gasteiger partial charge in [0.15, 0.2) is 0 Å². The molecule has 0 aromatic heterocycles. The highest BCUT2D eigenvalue weighted by atomic mass is 16.3. The lowest BCUT2D eigenvalue weighted by Gasteiger charge is -2.67. The van der Waals surface area contributed by atoms with Crippen molar-refractivity contribution in [2.45, 2.75) is 131 Å². The third-order valence-corrected chi connectivity index (χ3v) is 12.5. The van der Waals surface area contributed by atoms with Gasteiger partial charge >= 0.3 is 0 Å². The highest BCUT2D eigenvalue weighted by Crippen LogP contribution is 2.71. The van der Waals surface area contributed by atoms with Crippen LogP contribution in [-0.4, -0.2) is 21.9 Å². The Labute approximate surface area is 199 Å². The fraction of sp³-hybridized carbons (Fsp3) is 1.00. The van der Waals surface area contributed by atoms with Crippen LogP contribution in [0.5, 0.6) is 0 Å². The van der Waals surface area contributed by atoms with Crippen LogP contribution in [0.25, 0.3) is 0 Å². The molecule has 2 N–H and O–H groups in total. The largest absolute Gasteiger partial charge is 0.393 e. The van der Waals surface area contributed by atoms with E-state index in [9.17, 15) is 10.2 Å². The first-order valence-electron chi connectivity index (χ1n) is 14.2. The van der Waals surface area contributed by atoms with Crippen LogP contribution in [0.3, 0.4) is 0 Å². The van der Waals surface area contributed by atoms with E-state index in [1.165, 1.54) is 44.9 Å². The van der Waals surface area contributed by atoms with Gasteiger partial charge in [-0.1, -0.05) is 67.7 Å². The van der Waals surface area contributed by atoms with E-state index in [-0.39, 0.29) is 16.9 Å². The average molecular weight is 447 g/mol. The molecule has 0 aromatic carbocycles. The topological polar surface area (TPSA) is 40.5 Å². The van der Waals surface area contributed by atoms with Crippen molar-refractivity contribution in [2.24, 2.45) is 57.7 Å². The van der Waals surface area contributed by atoms with E-state index in [0.717, 1.165) is 37.0 Å². The molecule has 0 spiro atoms. The molecule has 0 saturated heterocycles. The summed E-state index contributed by atoms with van der Waals surface area (Å²) in [6, 6.07) is 0. The molecule has 4 aliphatic rings. The summed E-state index contributed by atoms with van der Waals surface area (Å²) < 4.78 is 0. The molecule has 2 nitrogen and oxygen atoms in total. The Morgan fingerprint density at radius 3 is 2.12 bits per heavy atom. The summed E-state index contributed by atoms with van der Waals surface area (Å²) in [5.74, 6) is 4.66. The fourth-order valence-electron chi connectivity index (χ4n) is 10.1. The molecule has 0 heterocycles. The van der Waals surface area contributed by atoms with Crippen molar-refractivity contribution in [2.75, 3.05) is 0 Å². The first kappa shape index (κ1) is 25.0. The van der Waals surface area contributed by atoms with E-state index in [0.29, 0.717) is 29.1 Å². The Morgan fingerprint density at radius 1 is 0.812 bits per heavy atom. The van der Waals surface area contributed by atoms with Crippen molar-refractivity contribution in [3.63, 3.8) is 0 Å². The predicted octanol–water partition coefficient (Wildman–Crippen LogP) is 7.47. The monoisotopic (exact) mass is 446 g/mol. The Balaban J connectivity index is 1.56. The van der Waals surface area contributed by atoms with Gasteiger partial charge in [-0.2, -0.15) is 0 Å². The van der Waals surface area contributed by atoms with Gasteiger partial charge < -0.3 is 10.2 Å². The molecule has 4 saturated carbocycles. The van der Waals surface area contributed by atoms with Crippen LogP contribution in [-0.2, 0) is 0 Å².